The molecule has 2 N–H and O–H groups in total. The Morgan fingerprint density at radius 2 is 2.25 bits per heavy atom. The maximum atomic E-state index is 10.7. The van der Waals surface area contributed by atoms with Gasteiger partial charge in [0.15, 0.2) is 0 Å². The van der Waals surface area contributed by atoms with Gasteiger partial charge in [0.25, 0.3) is 5.69 Å². The van der Waals surface area contributed by atoms with Crippen molar-refractivity contribution in [2.75, 3.05) is 0 Å². The van der Waals surface area contributed by atoms with E-state index >= 15 is 0 Å². The summed E-state index contributed by atoms with van der Waals surface area (Å²) >= 11 is 0. The summed E-state index contributed by atoms with van der Waals surface area (Å²) in [6.07, 6.45) is 1.16. The highest BCUT2D eigenvalue weighted by molar-refractivity contribution is 5.90. The van der Waals surface area contributed by atoms with Crippen molar-refractivity contribution < 1.29 is 14.8 Å². The van der Waals surface area contributed by atoms with Crippen molar-refractivity contribution in [3.05, 3.63) is 40.1 Å². The summed E-state index contributed by atoms with van der Waals surface area (Å²) in [6, 6.07) is 4.80. The number of rotatable bonds is 3. The van der Waals surface area contributed by atoms with Gasteiger partial charge >= 0.3 is 5.97 Å². The molecule has 0 spiro atoms. The fourth-order valence-electron chi connectivity index (χ4n) is 1.59. The van der Waals surface area contributed by atoms with Crippen LogP contribution in [0.5, 0.6) is 0 Å². The largest absolute Gasteiger partial charge is 0.481 e. The molecule has 0 aliphatic heterocycles. The van der Waals surface area contributed by atoms with E-state index < -0.39 is 10.9 Å². The second-order valence-corrected chi connectivity index (χ2v) is 3.38. The first-order valence-electron chi connectivity index (χ1n) is 4.54. The number of aliphatic carboxylic acids is 1. The smallest absolute Gasteiger partial charge is 0.307 e. The number of nitro groups is 1. The number of aromatic amines is 1. The minimum atomic E-state index is -0.961. The first-order valence-corrected chi connectivity index (χ1v) is 4.54. The van der Waals surface area contributed by atoms with Crippen molar-refractivity contribution in [2.45, 2.75) is 6.42 Å². The summed E-state index contributed by atoms with van der Waals surface area (Å²) < 4.78 is 0. The van der Waals surface area contributed by atoms with Gasteiger partial charge in [0.05, 0.1) is 28.4 Å². The molecule has 0 saturated heterocycles. The van der Waals surface area contributed by atoms with Crippen LogP contribution < -0.4 is 0 Å². The van der Waals surface area contributed by atoms with E-state index in [0.29, 0.717) is 16.5 Å². The van der Waals surface area contributed by atoms with Crippen LogP contribution >= 0.6 is 0 Å². The number of nitrogens with zero attached hydrogens (tertiary/aromatic N) is 1. The predicted molar refractivity (Wildman–Crippen MR) is 56.3 cm³/mol. The lowest BCUT2D eigenvalue weighted by Gasteiger charge is -1.96. The van der Waals surface area contributed by atoms with Gasteiger partial charge in [-0.15, -0.1) is 0 Å². The van der Waals surface area contributed by atoms with E-state index in [2.05, 4.69) is 4.98 Å². The average Bonchev–Trinajstić information content (AvgIpc) is 2.59. The van der Waals surface area contributed by atoms with Crippen LogP contribution in [-0.2, 0) is 11.2 Å². The monoisotopic (exact) mass is 220 g/mol. The van der Waals surface area contributed by atoms with Crippen molar-refractivity contribution in [1.82, 2.24) is 4.98 Å². The van der Waals surface area contributed by atoms with Crippen molar-refractivity contribution >= 4 is 22.6 Å². The number of hydrogen-bond acceptors (Lipinski definition) is 3. The molecule has 82 valence electrons. The van der Waals surface area contributed by atoms with E-state index in [1.54, 1.807) is 12.1 Å². The van der Waals surface area contributed by atoms with Crippen molar-refractivity contribution in [2.24, 2.45) is 0 Å². The number of hydrogen-bond donors (Lipinski definition) is 2. The molecule has 0 unspecified atom stereocenters. The van der Waals surface area contributed by atoms with E-state index in [0.717, 1.165) is 0 Å². The van der Waals surface area contributed by atoms with Crippen molar-refractivity contribution in [1.29, 1.82) is 0 Å². The molecule has 2 aromatic rings. The molecule has 0 amide bonds. The number of benzene rings is 1. The Kier molecular flexibility index (Phi) is 2.32. The molecule has 0 saturated carbocycles. The lowest BCUT2D eigenvalue weighted by Crippen LogP contribution is -1.99. The Balaban J connectivity index is 2.54. The number of fused-ring (bicyclic) bond motifs is 1. The second-order valence-electron chi connectivity index (χ2n) is 3.38. The maximum Gasteiger partial charge on any atom is 0.307 e. The average molecular weight is 220 g/mol. The molecule has 0 radical (unpaired) electrons. The van der Waals surface area contributed by atoms with Gasteiger partial charge in [-0.2, -0.15) is 0 Å². The molecular formula is C10H8N2O4. The number of H-pyrrole nitrogens is 1. The topological polar surface area (TPSA) is 96.2 Å². The third kappa shape index (κ3) is 1.72. The summed E-state index contributed by atoms with van der Waals surface area (Å²) in [5.74, 6) is -0.961. The van der Waals surface area contributed by atoms with Crippen molar-refractivity contribution in [3.8, 4) is 0 Å². The summed E-state index contributed by atoms with van der Waals surface area (Å²) in [4.78, 5) is 23.5. The fourth-order valence-corrected chi connectivity index (χ4v) is 1.59. The van der Waals surface area contributed by atoms with E-state index in [9.17, 15) is 14.9 Å². The van der Waals surface area contributed by atoms with Crippen LogP contribution in [-0.4, -0.2) is 21.0 Å². The molecule has 0 aliphatic carbocycles. The first kappa shape index (κ1) is 10.2. The molecule has 0 fully saturated rings. The van der Waals surface area contributed by atoms with Gasteiger partial charge in [0.1, 0.15) is 0 Å². The summed E-state index contributed by atoms with van der Waals surface area (Å²) in [7, 11) is 0. The van der Waals surface area contributed by atoms with E-state index in [4.69, 9.17) is 5.11 Å². The zero-order valence-corrected chi connectivity index (χ0v) is 8.14. The Morgan fingerprint density at radius 3 is 2.88 bits per heavy atom. The lowest BCUT2D eigenvalue weighted by molar-refractivity contribution is -0.383. The van der Waals surface area contributed by atoms with Gasteiger partial charge < -0.3 is 10.1 Å². The predicted octanol–water partition coefficient (Wildman–Crippen LogP) is 1.70. The molecular weight excluding hydrogens is 212 g/mol. The molecule has 16 heavy (non-hydrogen) atoms. The van der Waals surface area contributed by atoms with Gasteiger partial charge in [0.2, 0.25) is 0 Å². The van der Waals surface area contributed by atoms with Gasteiger partial charge in [-0.1, -0.05) is 6.07 Å². The third-order valence-electron chi connectivity index (χ3n) is 2.28. The molecule has 0 atom stereocenters. The molecule has 1 heterocycles. The van der Waals surface area contributed by atoms with E-state index in [-0.39, 0.29) is 12.1 Å². The van der Waals surface area contributed by atoms with Crippen LogP contribution in [0.4, 0.5) is 5.69 Å². The van der Waals surface area contributed by atoms with Gasteiger partial charge in [-0.05, 0) is 17.7 Å². The van der Waals surface area contributed by atoms with E-state index in [1.807, 2.05) is 0 Å². The minimum absolute atomic E-state index is 0.0396. The fraction of sp³-hybridized carbons (Fsp3) is 0.100. The third-order valence-corrected chi connectivity index (χ3v) is 2.28. The highest BCUT2D eigenvalue weighted by atomic mass is 16.6. The SMILES string of the molecule is O=C(O)Cc1ccc2[nH]cc([N+](=O)[O-])c2c1. The summed E-state index contributed by atoms with van der Waals surface area (Å²) in [6.45, 7) is 0. The lowest BCUT2D eigenvalue weighted by atomic mass is 10.1. The Bertz CT molecular complexity index is 573. The van der Waals surface area contributed by atoms with Crippen LogP contribution in [0.2, 0.25) is 0 Å². The van der Waals surface area contributed by atoms with Crippen LogP contribution in [0.1, 0.15) is 5.56 Å². The molecule has 6 nitrogen and oxygen atoms in total. The van der Waals surface area contributed by atoms with Gasteiger partial charge in [0, 0.05) is 0 Å². The summed E-state index contributed by atoms with van der Waals surface area (Å²) in [5, 5.41) is 19.7. The molecule has 1 aromatic heterocycles. The van der Waals surface area contributed by atoms with Crippen LogP contribution in [0.25, 0.3) is 10.9 Å². The number of nitrogens with one attached hydrogen (secondary N) is 1. The molecule has 1 aromatic carbocycles. The van der Waals surface area contributed by atoms with Crippen molar-refractivity contribution in [3.63, 3.8) is 0 Å². The minimum Gasteiger partial charge on any atom is -0.481 e. The standard InChI is InChI=1S/C10H8N2O4/c13-10(14)4-6-1-2-8-7(3-6)9(5-11-8)12(15)16/h1-3,5,11H,4H2,(H,13,14). The zero-order chi connectivity index (χ0) is 11.7. The number of aromatic nitrogens is 1. The highest BCUT2D eigenvalue weighted by Gasteiger charge is 2.14. The van der Waals surface area contributed by atoms with Gasteiger partial charge in [-0.3, -0.25) is 14.9 Å². The normalized spacial score (nSPS) is 10.5. The zero-order valence-electron chi connectivity index (χ0n) is 8.14. The number of carbonyl (C=O) groups is 1. The quantitative estimate of drug-likeness (QED) is 0.607. The summed E-state index contributed by atoms with van der Waals surface area (Å²) in [5.41, 5.74) is 1.13. The number of carboxylic acid groups (broad SMARTS) is 1. The van der Waals surface area contributed by atoms with Crippen LogP contribution in [0.3, 0.4) is 0 Å². The first-order chi connectivity index (χ1) is 7.58. The second kappa shape index (κ2) is 3.65. The molecule has 2 rings (SSSR count). The maximum absolute atomic E-state index is 10.7. The van der Waals surface area contributed by atoms with Crippen LogP contribution in [0.15, 0.2) is 24.4 Å². The Hall–Kier alpha value is -2.37. The highest BCUT2D eigenvalue weighted by Crippen LogP contribution is 2.26. The van der Waals surface area contributed by atoms with Crippen LogP contribution in [0, 0.1) is 10.1 Å². The number of carboxylic acids is 1. The Labute approximate surface area is 89.7 Å². The van der Waals surface area contributed by atoms with Gasteiger partial charge in [-0.25, -0.2) is 0 Å². The van der Waals surface area contributed by atoms with E-state index in [1.165, 1.54) is 12.3 Å². The molecule has 6 heteroatoms. The molecule has 0 bridgehead atoms. The Morgan fingerprint density at radius 1 is 1.50 bits per heavy atom. The molecule has 0 aliphatic rings.